The number of hydrogen-bond donors (Lipinski definition) is 4. The Morgan fingerprint density at radius 2 is 0.900 bits per heavy atom. The first-order chi connectivity index (χ1) is 4.18. The summed E-state index contributed by atoms with van der Waals surface area (Å²) in [6.45, 7) is 0. The third-order valence-corrected chi connectivity index (χ3v) is 0.887. The number of phenolic OH excluding ortho intramolecular Hbond substituents is 3. The average molecular weight is 143 g/mol. The van der Waals surface area contributed by atoms with Gasteiger partial charge >= 0.3 is 0 Å². The van der Waals surface area contributed by atoms with Crippen molar-refractivity contribution in [2.75, 3.05) is 0 Å². The molecule has 0 spiro atoms. The highest BCUT2D eigenvalue weighted by molar-refractivity contribution is 5.39. The lowest BCUT2D eigenvalue weighted by atomic mass is 10.3. The van der Waals surface area contributed by atoms with E-state index in [9.17, 15) is 0 Å². The maximum atomic E-state index is 8.67. The molecule has 4 nitrogen and oxygen atoms in total. The molecule has 0 saturated carbocycles. The molecule has 0 atom stereocenters. The van der Waals surface area contributed by atoms with E-state index < -0.39 is 0 Å². The Labute approximate surface area is 57.9 Å². The van der Waals surface area contributed by atoms with E-state index >= 15 is 0 Å². The molecule has 6 N–H and O–H groups in total. The molecular weight excluding hydrogens is 134 g/mol. The highest BCUT2D eigenvalue weighted by Crippen LogP contribution is 2.23. The van der Waals surface area contributed by atoms with E-state index in [1.54, 1.807) is 0 Å². The van der Waals surface area contributed by atoms with Crippen molar-refractivity contribution in [1.82, 2.24) is 6.15 Å². The largest absolute Gasteiger partial charge is 0.508 e. The third-order valence-electron chi connectivity index (χ3n) is 0.887. The first-order valence-corrected chi connectivity index (χ1v) is 2.40. The van der Waals surface area contributed by atoms with Crippen molar-refractivity contribution in [1.29, 1.82) is 0 Å². The monoisotopic (exact) mass is 143 g/mol. The number of hydrogen-bond acceptors (Lipinski definition) is 4. The summed E-state index contributed by atoms with van der Waals surface area (Å²) in [7, 11) is 0. The molecule has 0 radical (unpaired) electrons. The van der Waals surface area contributed by atoms with Crippen LogP contribution in [0, 0.1) is 0 Å². The van der Waals surface area contributed by atoms with Gasteiger partial charge in [-0.1, -0.05) is 0 Å². The van der Waals surface area contributed by atoms with E-state index in [0.29, 0.717) is 0 Å². The van der Waals surface area contributed by atoms with Crippen molar-refractivity contribution in [3.63, 3.8) is 0 Å². The smallest absolute Gasteiger partial charge is 0.122 e. The molecule has 0 bridgehead atoms. The summed E-state index contributed by atoms with van der Waals surface area (Å²) in [5.74, 6) is -0.437. The zero-order valence-corrected chi connectivity index (χ0v) is 5.28. The highest BCUT2D eigenvalue weighted by Gasteiger charge is 1.94. The van der Waals surface area contributed by atoms with Crippen LogP contribution in [0.15, 0.2) is 18.2 Å². The Bertz CT molecular complexity index is 174. The minimum absolute atomic E-state index is 0. The van der Waals surface area contributed by atoms with Crippen LogP contribution in [0.3, 0.4) is 0 Å². The van der Waals surface area contributed by atoms with Gasteiger partial charge < -0.3 is 21.5 Å². The molecule has 10 heavy (non-hydrogen) atoms. The molecule has 0 aliphatic heterocycles. The van der Waals surface area contributed by atoms with Crippen molar-refractivity contribution in [2.45, 2.75) is 0 Å². The lowest BCUT2D eigenvalue weighted by molar-refractivity contribution is 0.428. The molecule has 0 heterocycles. The Morgan fingerprint density at radius 1 is 0.700 bits per heavy atom. The fraction of sp³-hybridized carbons (Fsp3) is 0. The van der Waals surface area contributed by atoms with Gasteiger partial charge in [0, 0.05) is 18.2 Å². The number of aromatic hydroxyl groups is 3. The summed E-state index contributed by atoms with van der Waals surface area (Å²) in [5.41, 5.74) is 0. The van der Waals surface area contributed by atoms with E-state index in [-0.39, 0.29) is 23.4 Å². The van der Waals surface area contributed by atoms with Gasteiger partial charge in [-0.25, -0.2) is 0 Å². The third kappa shape index (κ3) is 1.83. The lowest BCUT2D eigenvalue weighted by Crippen LogP contribution is -1.66. The molecule has 4 heteroatoms. The van der Waals surface area contributed by atoms with Gasteiger partial charge in [-0.15, -0.1) is 0 Å². The van der Waals surface area contributed by atoms with Crippen molar-refractivity contribution in [2.24, 2.45) is 0 Å². The minimum Gasteiger partial charge on any atom is -0.508 e. The summed E-state index contributed by atoms with van der Waals surface area (Å²) in [4.78, 5) is 0. The maximum Gasteiger partial charge on any atom is 0.122 e. The van der Waals surface area contributed by atoms with E-state index in [0.717, 1.165) is 18.2 Å². The minimum atomic E-state index is -0.146. The van der Waals surface area contributed by atoms with E-state index in [2.05, 4.69) is 0 Å². The zero-order valence-electron chi connectivity index (χ0n) is 5.28. The summed E-state index contributed by atoms with van der Waals surface area (Å²) in [6.07, 6.45) is 0. The molecule has 0 amide bonds. The maximum absolute atomic E-state index is 8.67. The summed E-state index contributed by atoms with van der Waals surface area (Å²) < 4.78 is 0. The van der Waals surface area contributed by atoms with Crippen LogP contribution in [0.25, 0.3) is 0 Å². The van der Waals surface area contributed by atoms with Gasteiger partial charge in [-0.3, -0.25) is 0 Å². The zero-order chi connectivity index (χ0) is 6.85. The van der Waals surface area contributed by atoms with E-state index in [4.69, 9.17) is 15.3 Å². The second kappa shape index (κ2) is 2.93. The van der Waals surface area contributed by atoms with Crippen LogP contribution < -0.4 is 6.15 Å². The van der Waals surface area contributed by atoms with Gasteiger partial charge in [0.1, 0.15) is 17.2 Å². The SMILES string of the molecule is N.Oc1cc(O)cc(O)c1. The number of benzene rings is 1. The molecule has 0 saturated heterocycles. The van der Waals surface area contributed by atoms with Gasteiger partial charge in [0.05, 0.1) is 0 Å². The van der Waals surface area contributed by atoms with Crippen LogP contribution in [0.5, 0.6) is 17.2 Å². The Balaban J connectivity index is 0.000000810. The molecule has 0 unspecified atom stereocenters. The van der Waals surface area contributed by atoms with Crippen LogP contribution in [0.2, 0.25) is 0 Å². The second-order valence-electron chi connectivity index (χ2n) is 1.71. The van der Waals surface area contributed by atoms with Crippen molar-refractivity contribution in [3.05, 3.63) is 18.2 Å². The lowest BCUT2D eigenvalue weighted by Gasteiger charge is -1.94. The predicted molar refractivity (Wildman–Crippen MR) is 36.5 cm³/mol. The Morgan fingerprint density at radius 3 is 1.10 bits per heavy atom. The van der Waals surface area contributed by atoms with Crippen LogP contribution in [0.4, 0.5) is 0 Å². The normalized spacial score (nSPS) is 8.40. The first-order valence-electron chi connectivity index (χ1n) is 2.40. The summed E-state index contributed by atoms with van der Waals surface area (Å²) in [6, 6.07) is 3.42. The van der Waals surface area contributed by atoms with Crippen LogP contribution >= 0.6 is 0 Å². The molecule has 0 aliphatic carbocycles. The van der Waals surface area contributed by atoms with Crippen LogP contribution in [0.1, 0.15) is 0 Å². The highest BCUT2D eigenvalue weighted by atomic mass is 16.3. The second-order valence-corrected chi connectivity index (χ2v) is 1.71. The Hall–Kier alpha value is -1.42. The van der Waals surface area contributed by atoms with Gasteiger partial charge in [-0.05, 0) is 0 Å². The molecule has 1 rings (SSSR count). The number of rotatable bonds is 0. The standard InChI is InChI=1S/C6H6O3.H3N/c7-4-1-5(8)3-6(9)2-4;/h1-3,7-9H;1H3. The molecule has 0 fully saturated rings. The fourth-order valence-corrected chi connectivity index (χ4v) is 0.580. The van der Waals surface area contributed by atoms with Crippen molar-refractivity contribution in [3.8, 4) is 17.2 Å². The first kappa shape index (κ1) is 8.58. The van der Waals surface area contributed by atoms with E-state index in [1.165, 1.54) is 0 Å². The fourth-order valence-electron chi connectivity index (χ4n) is 0.580. The van der Waals surface area contributed by atoms with Crippen LogP contribution in [-0.4, -0.2) is 15.3 Å². The Kier molecular flexibility index (Phi) is 2.52. The van der Waals surface area contributed by atoms with Gasteiger partial charge in [-0.2, -0.15) is 0 Å². The topological polar surface area (TPSA) is 95.7 Å². The van der Waals surface area contributed by atoms with Crippen molar-refractivity contribution >= 4 is 0 Å². The van der Waals surface area contributed by atoms with Crippen LogP contribution in [-0.2, 0) is 0 Å². The van der Waals surface area contributed by atoms with Gasteiger partial charge in [0.2, 0.25) is 0 Å². The molecular formula is C6H9NO3. The average Bonchev–Trinajstić information content (AvgIpc) is 1.59. The van der Waals surface area contributed by atoms with E-state index in [1.807, 2.05) is 0 Å². The molecule has 56 valence electrons. The van der Waals surface area contributed by atoms with Gasteiger partial charge in [0.15, 0.2) is 0 Å². The molecule has 0 aliphatic rings. The summed E-state index contributed by atoms with van der Waals surface area (Å²) >= 11 is 0. The quantitative estimate of drug-likeness (QED) is 0.435. The number of phenols is 3. The van der Waals surface area contributed by atoms with Gasteiger partial charge in [0.25, 0.3) is 0 Å². The molecule has 0 aromatic heterocycles. The molecule has 1 aromatic carbocycles. The molecule has 1 aromatic rings. The van der Waals surface area contributed by atoms with Crippen molar-refractivity contribution < 1.29 is 15.3 Å². The summed E-state index contributed by atoms with van der Waals surface area (Å²) in [5, 5.41) is 26.0. The predicted octanol–water partition coefficient (Wildman–Crippen LogP) is 0.965.